The number of nitrogens with zero attached hydrogens (tertiary/aromatic N) is 2. The van der Waals surface area contributed by atoms with Crippen molar-refractivity contribution in [3.63, 3.8) is 0 Å². The summed E-state index contributed by atoms with van der Waals surface area (Å²) >= 11 is 0. The summed E-state index contributed by atoms with van der Waals surface area (Å²) in [6.45, 7) is 8.88. The van der Waals surface area contributed by atoms with Gasteiger partial charge in [0.2, 0.25) is 0 Å². The van der Waals surface area contributed by atoms with Crippen LogP contribution in [0.1, 0.15) is 39.8 Å². The topological polar surface area (TPSA) is 34.9 Å². The Hall–Kier alpha value is -1.90. The smallest absolute Gasteiger partial charge is 0.168 e. The first-order valence-electron chi connectivity index (χ1n) is 6.65. The molecule has 100 valence electrons. The summed E-state index contributed by atoms with van der Waals surface area (Å²) in [6, 6.07) is 7.87. The maximum atomic E-state index is 12.3. The minimum atomic E-state index is 0.151. The molecule has 0 aliphatic rings. The molecule has 0 bridgehead atoms. The summed E-state index contributed by atoms with van der Waals surface area (Å²) in [7, 11) is 0. The van der Waals surface area contributed by atoms with Crippen molar-refractivity contribution >= 4 is 5.78 Å². The Kier molecular flexibility index (Phi) is 3.84. The highest BCUT2D eigenvalue weighted by atomic mass is 16.1. The van der Waals surface area contributed by atoms with Crippen molar-refractivity contribution < 1.29 is 4.79 Å². The lowest BCUT2D eigenvalue weighted by Gasteiger charge is -2.06. The molecule has 0 spiro atoms. The number of rotatable bonds is 4. The Morgan fingerprint density at radius 3 is 2.53 bits per heavy atom. The number of carbonyl (C=O) groups excluding carboxylic acids is 1. The number of Topliss-reactive ketones (excluding diaryl/α,β-unsaturated/α-hetero) is 1. The molecule has 2 rings (SSSR count). The normalized spacial score (nSPS) is 10.7. The first-order chi connectivity index (χ1) is 9.01. The number of carbonyl (C=O) groups is 1. The van der Waals surface area contributed by atoms with Gasteiger partial charge in [0.1, 0.15) is 0 Å². The van der Waals surface area contributed by atoms with Crippen LogP contribution in [0.4, 0.5) is 0 Å². The van der Waals surface area contributed by atoms with Gasteiger partial charge < -0.3 is 0 Å². The minimum absolute atomic E-state index is 0.151. The van der Waals surface area contributed by atoms with Crippen molar-refractivity contribution in [1.29, 1.82) is 0 Å². The van der Waals surface area contributed by atoms with Gasteiger partial charge in [0.15, 0.2) is 5.78 Å². The molecule has 3 heteroatoms. The molecule has 0 fully saturated rings. The van der Waals surface area contributed by atoms with E-state index < -0.39 is 0 Å². The van der Waals surface area contributed by atoms with Crippen LogP contribution in [-0.4, -0.2) is 15.6 Å². The molecule has 19 heavy (non-hydrogen) atoms. The lowest BCUT2D eigenvalue weighted by Crippen LogP contribution is -2.10. The largest absolute Gasteiger partial charge is 0.294 e. The van der Waals surface area contributed by atoms with Crippen LogP contribution >= 0.6 is 0 Å². The van der Waals surface area contributed by atoms with E-state index in [9.17, 15) is 4.79 Å². The molecule has 0 aliphatic heterocycles. The average Bonchev–Trinajstić information content (AvgIpc) is 2.72. The molecule has 0 atom stereocenters. The number of benzene rings is 1. The lowest BCUT2D eigenvalue weighted by atomic mass is 10.0. The molecule has 1 aromatic heterocycles. The zero-order chi connectivity index (χ0) is 14.0. The fraction of sp³-hybridized carbons (Fsp3) is 0.375. The third kappa shape index (κ3) is 2.92. The van der Waals surface area contributed by atoms with E-state index in [1.807, 2.05) is 49.7 Å². The van der Waals surface area contributed by atoms with Gasteiger partial charge in [-0.15, -0.1) is 0 Å². The average molecular weight is 256 g/mol. The first-order valence-corrected chi connectivity index (χ1v) is 6.65. The summed E-state index contributed by atoms with van der Waals surface area (Å²) in [5.74, 6) is 0.151. The summed E-state index contributed by atoms with van der Waals surface area (Å²) < 4.78 is 1.90. The highest BCUT2D eigenvalue weighted by Crippen LogP contribution is 2.13. The second-order valence-corrected chi connectivity index (χ2v) is 4.99. The standard InChI is InChI=1S/C16H20N2O/c1-5-18-15(9-13(4)17-18)10-16(19)14-7-6-11(2)12(3)8-14/h6-9H,5,10H2,1-4H3. The van der Waals surface area contributed by atoms with E-state index in [4.69, 9.17) is 0 Å². The van der Waals surface area contributed by atoms with Crippen LogP contribution in [-0.2, 0) is 13.0 Å². The van der Waals surface area contributed by atoms with Gasteiger partial charge in [-0.25, -0.2) is 0 Å². The molecule has 3 nitrogen and oxygen atoms in total. The van der Waals surface area contributed by atoms with Crippen molar-refractivity contribution in [2.45, 2.75) is 40.7 Å². The second kappa shape index (κ2) is 5.39. The SMILES string of the molecule is CCn1nc(C)cc1CC(=O)c1ccc(C)c(C)c1. The number of hydrogen-bond donors (Lipinski definition) is 0. The van der Waals surface area contributed by atoms with Crippen LogP contribution in [0.25, 0.3) is 0 Å². The van der Waals surface area contributed by atoms with Gasteiger partial charge >= 0.3 is 0 Å². The first kappa shape index (κ1) is 13.5. The van der Waals surface area contributed by atoms with Gasteiger partial charge in [0.05, 0.1) is 12.1 Å². The van der Waals surface area contributed by atoms with Crippen LogP contribution in [0.2, 0.25) is 0 Å². The highest BCUT2D eigenvalue weighted by molar-refractivity contribution is 5.97. The van der Waals surface area contributed by atoms with E-state index in [-0.39, 0.29) is 5.78 Å². The Balaban J connectivity index is 2.22. The van der Waals surface area contributed by atoms with Gasteiger partial charge in [-0.3, -0.25) is 9.48 Å². The van der Waals surface area contributed by atoms with E-state index in [1.54, 1.807) is 0 Å². The van der Waals surface area contributed by atoms with E-state index >= 15 is 0 Å². The van der Waals surface area contributed by atoms with E-state index in [2.05, 4.69) is 12.0 Å². The third-order valence-corrected chi connectivity index (χ3v) is 3.46. The van der Waals surface area contributed by atoms with Crippen LogP contribution < -0.4 is 0 Å². The predicted octanol–water partition coefficient (Wildman–Crippen LogP) is 3.25. The van der Waals surface area contributed by atoms with Crippen molar-refractivity contribution in [3.05, 3.63) is 52.3 Å². The van der Waals surface area contributed by atoms with Gasteiger partial charge in [-0.1, -0.05) is 12.1 Å². The van der Waals surface area contributed by atoms with Crippen molar-refractivity contribution in [2.24, 2.45) is 0 Å². The highest BCUT2D eigenvalue weighted by Gasteiger charge is 2.12. The van der Waals surface area contributed by atoms with Crippen molar-refractivity contribution in [1.82, 2.24) is 9.78 Å². The fourth-order valence-corrected chi connectivity index (χ4v) is 2.20. The summed E-state index contributed by atoms with van der Waals surface area (Å²) in [5.41, 5.74) is 5.11. The molecule has 0 amide bonds. The number of aromatic nitrogens is 2. The zero-order valence-electron chi connectivity index (χ0n) is 12.0. The Morgan fingerprint density at radius 1 is 1.16 bits per heavy atom. The van der Waals surface area contributed by atoms with Crippen LogP contribution in [0.3, 0.4) is 0 Å². The number of aryl methyl sites for hydroxylation is 4. The monoisotopic (exact) mass is 256 g/mol. The summed E-state index contributed by atoms with van der Waals surface area (Å²) in [6.07, 6.45) is 0.414. The summed E-state index contributed by atoms with van der Waals surface area (Å²) in [5, 5.41) is 4.37. The van der Waals surface area contributed by atoms with Crippen LogP contribution in [0, 0.1) is 20.8 Å². The lowest BCUT2D eigenvalue weighted by molar-refractivity contribution is 0.0990. The molecule has 0 unspecified atom stereocenters. The van der Waals surface area contributed by atoms with Gasteiger partial charge in [0.25, 0.3) is 0 Å². The molecule has 0 saturated heterocycles. The minimum Gasteiger partial charge on any atom is -0.294 e. The maximum Gasteiger partial charge on any atom is 0.168 e. The van der Waals surface area contributed by atoms with E-state index in [0.717, 1.165) is 29.1 Å². The third-order valence-electron chi connectivity index (χ3n) is 3.46. The Morgan fingerprint density at radius 2 is 1.89 bits per heavy atom. The number of hydrogen-bond acceptors (Lipinski definition) is 2. The maximum absolute atomic E-state index is 12.3. The molecular weight excluding hydrogens is 236 g/mol. The quantitative estimate of drug-likeness (QED) is 0.787. The van der Waals surface area contributed by atoms with Crippen LogP contribution in [0.5, 0.6) is 0 Å². The molecule has 0 N–H and O–H groups in total. The zero-order valence-corrected chi connectivity index (χ0v) is 12.0. The van der Waals surface area contributed by atoms with E-state index in [1.165, 1.54) is 5.56 Å². The van der Waals surface area contributed by atoms with Crippen molar-refractivity contribution in [2.75, 3.05) is 0 Å². The molecule has 0 saturated carbocycles. The van der Waals surface area contributed by atoms with Gasteiger partial charge in [0, 0.05) is 17.8 Å². The Bertz CT molecular complexity index is 611. The molecule has 1 heterocycles. The summed E-state index contributed by atoms with van der Waals surface area (Å²) in [4.78, 5) is 12.3. The predicted molar refractivity (Wildman–Crippen MR) is 76.6 cm³/mol. The molecule has 1 aromatic carbocycles. The molecule has 2 aromatic rings. The van der Waals surface area contributed by atoms with Crippen LogP contribution in [0.15, 0.2) is 24.3 Å². The number of ketones is 1. The fourth-order valence-electron chi connectivity index (χ4n) is 2.20. The van der Waals surface area contributed by atoms with Gasteiger partial charge in [-0.05, 0) is 51.0 Å². The van der Waals surface area contributed by atoms with Gasteiger partial charge in [-0.2, -0.15) is 5.10 Å². The molecular formula is C16H20N2O. The van der Waals surface area contributed by atoms with E-state index in [0.29, 0.717) is 6.42 Å². The molecule has 0 radical (unpaired) electrons. The second-order valence-electron chi connectivity index (χ2n) is 4.99. The Labute approximate surface area is 114 Å². The molecule has 0 aliphatic carbocycles. The van der Waals surface area contributed by atoms with Crippen molar-refractivity contribution in [3.8, 4) is 0 Å².